The second-order valence-electron chi connectivity index (χ2n) is 0.283. The van der Waals surface area contributed by atoms with Crippen LogP contribution in [0.4, 0.5) is 4.79 Å². The number of carbonyl (C=O) groups is 1. The Kier molecular flexibility index (Phi) is 49.7. The van der Waals surface area contributed by atoms with E-state index in [2.05, 4.69) is 0 Å². The fourth-order valence-corrected chi connectivity index (χ4v) is 0. The molecule has 0 unspecified atom stereocenters. The van der Waals surface area contributed by atoms with Crippen LogP contribution in [0, 0.1) is 0 Å². The first-order valence-electron chi connectivity index (χ1n) is 2.07. The van der Waals surface area contributed by atoms with Gasteiger partial charge in [0.25, 0.3) is 10.1 Å². The highest BCUT2D eigenvalue weighted by Gasteiger charge is 1.99. The number of hydrogen-bond donors (Lipinski definition) is 2. The molecule has 0 aliphatic carbocycles. The van der Waals surface area contributed by atoms with Gasteiger partial charge < -0.3 is 10.2 Å². The summed E-state index contributed by atoms with van der Waals surface area (Å²) in [6.45, 7) is 0. The topological polar surface area (TPSA) is 57.5 Å². The summed E-state index contributed by atoms with van der Waals surface area (Å²) in [6, 6.07) is 0. The Hall–Kier alpha value is 0.802. The zero-order chi connectivity index (χ0) is 7.58. The van der Waals surface area contributed by atoms with E-state index < -0.39 is 6.16 Å². The van der Waals surface area contributed by atoms with Crippen LogP contribution >= 0.6 is 0 Å². The Morgan fingerprint density at radius 3 is 1.12 bits per heavy atom. The van der Waals surface area contributed by atoms with Crippen LogP contribution in [0.3, 0.4) is 0 Å². The SMILES string of the molecule is O=C(O)O.[CH3][Mg+2].[CH3][Mg+2]. The van der Waals surface area contributed by atoms with Crippen molar-refractivity contribution in [3.8, 4) is 0 Å². The summed E-state index contributed by atoms with van der Waals surface area (Å²) < 4.78 is 0. The summed E-state index contributed by atoms with van der Waals surface area (Å²) in [5.74, 6) is 0. The summed E-state index contributed by atoms with van der Waals surface area (Å²) in [4.78, 5) is 8.56. The Morgan fingerprint density at radius 2 is 1.12 bits per heavy atom. The molecular formula is C3H8Mg2O3+4. The van der Waals surface area contributed by atoms with Crippen LogP contribution in [-0.4, -0.2) is 59.8 Å². The molecule has 0 aromatic carbocycles. The third kappa shape index (κ3) is 356. The Labute approximate surface area is 74.3 Å². The molecule has 38 valence electrons. The van der Waals surface area contributed by atoms with Crippen molar-refractivity contribution in [2.24, 2.45) is 0 Å². The molecule has 0 heterocycles. The fraction of sp³-hybridized carbons (Fsp3) is 0.667. The van der Waals surface area contributed by atoms with Crippen molar-refractivity contribution < 1.29 is 15.0 Å². The van der Waals surface area contributed by atoms with E-state index in [0.717, 1.165) is 0 Å². The van der Waals surface area contributed by atoms with Gasteiger partial charge in [0.1, 0.15) is 0 Å². The van der Waals surface area contributed by atoms with Gasteiger partial charge in [0, 0.05) is 0 Å². The van der Waals surface area contributed by atoms with Crippen molar-refractivity contribution in [3.63, 3.8) is 0 Å². The van der Waals surface area contributed by atoms with Crippen molar-refractivity contribution in [2.75, 3.05) is 0 Å². The minimum atomic E-state index is -1.83. The molecule has 0 aromatic rings. The third-order valence-corrected chi connectivity index (χ3v) is 0. The van der Waals surface area contributed by atoms with Crippen LogP contribution in [-0.2, 0) is 0 Å². The van der Waals surface area contributed by atoms with Gasteiger partial charge in [0.15, 0.2) is 0 Å². The first-order valence-corrected chi connectivity index (χ1v) is 4.89. The van der Waals surface area contributed by atoms with Gasteiger partial charge in [-0.1, -0.05) is 0 Å². The van der Waals surface area contributed by atoms with Crippen molar-refractivity contribution in [1.82, 2.24) is 0 Å². The van der Waals surface area contributed by atoms with Crippen molar-refractivity contribution in [3.05, 3.63) is 0 Å². The Morgan fingerprint density at radius 1 is 1.12 bits per heavy atom. The molecule has 0 amide bonds. The van der Waals surface area contributed by atoms with Crippen molar-refractivity contribution in [1.29, 1.82) is 0 Å². The predicted molar refractivity (Wildman–Crippen MR) is 33.9 cm³/mol. The van der Waals surface area contributed by atoms with Crippen LogP contribution in [0.2, 0.25) is 10.1 Å². The minimum Gasteiger partial charge on any atom is -0.450 e. The lowest BCUT2D eigenvalue weighted by molar-refractivity contribution is 0.137. The van der Waals surface area contributed by atoms with Crippen LogP contribution < -0.4 is 0 Å². The highest BCUT2D eigenvalue weighted by Crippen LogP contribution is 1.42. The molecule has 14 radical (unpaired) electrons. The Bertz CT molecular complexity index is 35.5. The molecule has 0 saturated heterocycles. The van der Waals surface area contributed by atoms with Crippen molar-refractivity contribution in [2.45, 2.75) is 10.1 Å². The molecular weight excluding hydrogens is 133 g/mol. The highest BCUT2D eigenvalue weighted by molar-refractivity contribution is 6.05. The standard InChI is InChI=1S/CH2O3.2CH3.2Mg/c2-1(3)4;;;;/h(H2,2,3,4);2*1H3;;/q;;;2*+2. The third-order valence-electron chi connectivity index (χ3n) is 0. The number of rotatable bonds is 0. The molecule has 3 nitrogen and oxygen atoms in total. The second kappa shape index (κ2) is 25.0. The molecule has 0 atom stereocenters. The van der Waals surface area contributed by atoms with Gasteiger partial charge in [-0.25, -0.2) is 4.79 Å². The second-order valence-corrected chi connectivity index (χ2v) is 0.283. The average molecular weight is 141 g/mol. The van der Waals surface area contributed by atoms with Crippen LogP contribution in [0.25, 0.3) is 0 Å². The molecule has 0 fully saturated rings. The maximum Gasteiger partial charge on any atom is 1.41 e. The van der Waals surface area contributed by atoms with Gasteiger partial charge in [0.05, 0.1) is 0 Å². The molecule has 0 spiro atoms. The van der Waals surface area contributed by atoms with Gasteiger partial charge in [-0.15, -0.1) is 0 Å². The van der Waals surface area contributed by atoms with Gasteiger partial charge >= 0.3 is 49.6 Å². The monoisotopic (exact) mass is 140 g/mol. The van der Waals surface area contributed by atoms with E-state index in [1.54, 1.807) is 0 Å². The lowest BCUT2D eigenvalue weighted by Gasteiger charge is -1.60. The molecule has 0 aliphatic rings. The van der Waals surface area contributed by atoms with E-state index in [1.165, 1.54) is 0 Å². The maximum atomic E-state index is 8.56. The van der Waals surface area contributed by atoms with Crippen molar-refractivity contribution >= 4 is 49.6 Å². The molecule has 8 heavy (non-hydrogen) atoms. The largest absolute Gasteiger partial charge is 1.41 e. The summed E-state index contributed by atoms with van der Waals surface area (Å²) in [5, 5.41) is 18.0. The predicted octanol–water partition coefficient (Wildman–Crippen LogP) is 0.628. The first-order chi connectivity index (χ1) is 3.73. The quantitative estimate of drug-likeness (QED) is 0.486. The van der Waals surface area contributed by atoms with Gasteiger partial charge in [-0.05, 0) is 0 Å². The molecule has 5 heteroatoms. The molecule has 0 bridgehead atoms. The zero-order valence-electron chi connectivity index (χ0n) is 5.22. The minimum absolute atomic E-state index is 1.83. The fourth-order valence-electron chi connectivity index (χ4n) is 0. The summed E-state index contributed by atoms with van der Waals surface area (Å²) in [5.41, 5.74) is 0. The smallest absolute Gasteiger partial charge is 0.450 e. The van der Waals surface area contributed by atoms with E-state index in [1.807, 2.05) is 53.5 Å². The summed E-state index contributed by atoms with van der Waals surface area (Å²) in [7, 11) is 0. The van der Waals surface area contributed by atoms with Gasteiger partial charge in [-0.3, -0.25) is 0 Å². The first kappa shape index (κ1) is 15.9. The van der Waals surface area contributed by atoms with E-state index in [9.17, 15) is 0 Å². The normalized spacial score (nSPS) is 4.50. The van der Waals surface area contributed by atoms with Gasteiger partial charge in [0.2, 0.25) is 0 Å². The summed E-state index contributed by atoms with van der Waals surface area (Å²) >= 11 is 3.72. The maximum absolute atomic E-state index is 8.56. The van der Waals surface area contributed by atoms with E-state index in [-0.39, 0.29) is 0 Å². The van der Waals surface area contributed by atoms with Crippen LogP contribution in [0.15, 0.2) is 0 Å². The van der Waals surface area contributed by atoms with E-state index in [0.29, 0.717) is 0 Å². The van der Waals surface area contributed by atoms with Crippen LogP contribution in [0.1, 0.15) is 0 Å². The Balaban J connectivity index is -0.0000000542. The van der Waals surface area contributed by atoms with Crippen LogP contribution in [0.5, 0.6) is 0 Å². The lowest BCUT2D eigenvalue weighted by Crippen LogP contribution is -1.81. The summed E-state index contributed by atoms with van der Waals surface area (Å²) in [6.07, 6.45) is -1.83. The molecule has 0 aliphatic heterocycles. The highest BCUT2D eigenvalue weighted by atomic mass is 24.4. The van der Waals surface area contributed by atoms with E-state index >= 15 is 0 Å². The average Bonchev–Trinajstić information content (AvgIpc) is 1.75. The number of carboxylic acid groups (broad SMARTS) is 2. The molecule has 0 rings (SSSR count). The lowest BCUT2D eigenvalue weighted by atomic mass is 11.5. The number of hydrogen-bond acceptors (Lipinski definition) is 1. The molecule has 0 saturated carbocycles. The van der Waals surface area contributed by atoms with Gasteiger partial charge in [-0.2, -0.15) is 0 Å². The molecule has 0 aromatic heterocycles. The zero-order valence-corrected chi connectivity index (χ0v) is 8.05. The molecule has 2 N–H and O–H groups in total. The van der Waals surface area contributed by atoms with E-state index in [4.69, 9.17) is 15.0 Å².